The van der Waals surface area contributed by atoms with Crippen LogP contribution in [0.5, 0.6) is 0 Å². The number of hydrogen-bond donors (Lipinski definition) is 1. The molecule has 0 atom stereocenters. The largest absolute Gasteiger partial charge is 0.466 e. The minimum atomic E-state index is 0.0125. The third kappa shape index (κ3) is 25.9. The lowest BCUT2D eigenvalue weighted by molar-refractivity contribution is -0.143. The summed E-state index contributed by atoms with van der Waals surface area (Å²) >= 11 is 4.24. The number of esters is 1. The van der Waals surface area contributed by atoms with Gasteiger partial charge >= 0.3 is 5.97 Å². The van der Waals surface area contributed by atoms with Gasteiger partial charge in [-0.15, -0.1) is 0 Å². The van der Waals surface area contributed by atoms with Gasteiger partial charge in [-0.3, -0.25) is 4.79 Å². The summed E-state index contributed by atoms with van der Waals surface area (Å²) in [6, 6.07) is 0. The molecule has 0 spiro atoms. The van der Waals surface area contributed by atoms with E-state index in [1.54, 1.807) is 0 Å². The molecular weight excluding hydrogens is 388 g/mol. The molecule has 0 aliphatic rings. The van der Waals surface area contributed by atoms with E-state index in [1.165, 1.54) is 128 Å². The molecule has 0 rings (SSSR count). The van der Waals surface area contributed by atoms with Gasteiger partial charge < -0.3 is 4.74 Å². The molecule has 180 valence electrons. The molecule has 3 heteroatoms. The first-order valence-corrected chi connectivity index (χ1v) is 14.2. The predicted octanol–water partition coefficient (Wildman–Crippen LogP) is 9.45. The highest BCUT2D eigenvalue weighted by Gasteiger charge is 2.02. The fourth-order valence-corrected chi connectivity index (χ4v) is 4.22. The van der Waals surface area contributed by atoms with Crippen LogP contribution in [0.4, 0.5) is 0 Å². The van der Waals surface area contributed by atoms with E-state index in [-0.39, 0.29) is 5.97 Å². The minimum Gasteiger partial charge on any atom is -0.466 e. The smallest absolute Gasteiger partial charge is 0.305 e. The average molecular weight is 443 g/mol. The SMILES string of the molecule is CCCCCCCCCCCCCCCCOC(=O)CCCCCCCCCCS. The van der Waals surface area contributed by atoms with Crippen molar-refractivity contribution < 1.29 is 9.53 Å². The molecule has 0 saturated heterocycles. The first kappa shape index (κ1) is 29.8. The Hall–Kier alpha value is -0.180. The minimum absolute atomic E-state index is 0.0125. The van der Waals surface area contributed by atoms with Crippen LogP contribution in [0.2, 0.25) is 0 Å². The van der Waals surface area contributed by atoms with Gasteiger partial charge in [-0.25, -0.2) is 0 Å². The number of thiol groups is 1. The van der Waals surface area contributed by atoms with E-state index in [0.717, 1.165) is 18.6 Å². The monoisotopic (exact) mass is 442 g/mol. The van der Waals surface area contributed by atoms with E-state index < -0.39 is 0 Å². The maximum atomic E-state index is 11.8. The molecule has 0 amide bonds. The second-order valence-electron chi connectivity index (χ2n) is 9.12. The summed E-state index contributed by atoms with van der Waals surface area (Å²) in [6.07, 6.45) is 29.6. The second kappa shape index (κ2) is 26.9. The first-order chi connectivity index (χ1) is 14.8. The number of ether oxygens (including phenoxy) is 1. The Morgan fingerprint density at radius 3 is 1.33 bits per heavy atom. The van der Waals surface area contributed by atoms with Crippen molar-refractivity contribution in [2.45, 2.75) is 155 Å². The fraction of sp³-hybridized carbons (Fsp3) is 0.963. The molecule has 0 heterocycles. The predicted molar refractivity (Wildman–Crippen MR) is 137 cm³/mol. The van der Waals surface area contributed by atoms with Crippen molar-refractivity contribution in [3.63, 3.8) is 0 Å². The maximum Gasteiger partial charge on any atom is 0.305 e. The Labute approximate surface area is 195 Å². The van der Waals surface area contributed by atoms with Crippen molar-refractivity contribution >= 4 is 18.6 Å². The van der Waals surface area contributed by atoms with Gasteiger partial charge in [-0.05, 0) is 25.0 Å². The van der Waals surface area contributed by atoms with Gasteiger partial charge in [-0.2, -0.15) is 12.6 Å². The van der Waals surface area contributed by atoms with Crippen LogP contribution in [0.3, 0.4) is 0 Å². The highest BCUT2D eigenvalue weighted by Crippen LogP contribution is 2.13. The topological polar surface area (TPSA) is 26.3 Å². The summed E-state index contributed by atoms with van der Waals surface area (Å²) in [5.74, 6) is 1.03. The maximum absolute atomic E-state index is 11.8. The molecule has 0 radical (unpaired) electrons. The van der Waals surface area contributed by atoms with Gasteiger partial charge in [0, 0.05) is 6.42 Å². The van der Waals surface area contributed by atoms with Gasteiger partial charge in [0.2, 0.25) is 0 Å². The molecule has 0 aliphatic heterocycles. The van der Waals surface area contributed by atoms with E-state index in [9.17, 15) is 4.79 Å². The molecule has 0 aromatic rings. The third-order valence-electron chi connectivity index (χ3n) is 6.05. The van der Waals surface area contributed by atoms with Gasteiger partial charge in [0.15, 0.2) is 0 Å². The molecule has 0 fully saturated rings. The van der Waals surface area contributed by atoms with E-state index in [2.05, 4.69) is 19.6 Å². The molecular formula is C27H54O2S. The Morgan fingerprint density at radius 2 is 0.900 bits per heavy atom. The van der Waals surface area contributed by atoms with Gasteiger partial charge in [0.1, 0.15) is 0 Å². The molecule has 2 nitrogen and oxygen atoms in total. The molecule has 0 aromatic carbocycles. The van der Waals surface area contributed by atoms with Gasteiger partial charge in [0.05, 0.1) is 6.61 Å². The van der Waals surface area contributed by atoms with Crippen LogP contribution in [0.25, 0.3) is 0 Å². The highest BCUT2D eigenvalue weighted by atomic mass is 32.1. The molecule has 0 aromatic heterocycles. The van der Waals surface area contributed by atoms with E-state index in [1.807, 2.05) is 0 Å². The Morgan fingerprint density at radius 1 is 0.533 bits per heavy atom. The molecule has 0 unspecified atom stereocenters. The normalized spacial score (nSPS) is 11.1. The highest BCUT2D eigenvalue weighted by molar-refractivity contribution is 7.80. The molecule has 0 saturated carbocycles. The summed E-state index contributed by atoms with van der Waals surface area (Å²) in [5, 5.41) is 0. The van der Waals surface area contributed by atoms with Crippen molar-refractivity contribution in [1.29, 1.82) is 0 Å². The summed E-state index contributed by atoms with van der Waals surface area (Å²) in [6.45, 7) is 2.91. The number of rotatable bonds is 25. The summed E-state index contributed by atoms with van der Waals surface area (Å²) < 4.78 is 5.37. The lowest BCUT2D eigenvalue weighted by Crippen LogP contribution is -2.05. The lowest BCUT2D eigenvalue weighted by atomic mass is 10.0. The van der Waals surface area contributed by atoms with Crippen LogP contribution in [0.1, 0.15) is 155 Å². The number of unbranched alkanes of at least 4 members (excludes halogenated alkanes) is 20. The van der Waals surface area contributed by atoms with Crippen LogP contribution in [-0.2, 0) is 9.53 Å². The van der Waals surface area contributed by atoms with E-state index in [0.29, 0.717) is 13.0 Å². The van der Waals surface area contributed by atoms with Crippen molar-refractivity contribution in [2.24, 2.45) is 0 Å². The number of hydrogen-bond acceptors (Lipinski definition) is 3. The average Bonchev–Trinajstić information content (AvgIpc) is 2.75. The molecule has 30 heavy (non-hydrogen) atoms. The zero-order valence-electron chi connectivity index (χ0n) is 20.4. The summed E-state index contributed by atoms with van der Waals surface area (Å²) in [4.78, 5) is 11.8. The van der Waals surface area contributed by atoms with Crippen LogP contribution in [0.15, 0.2) is 0 Å². The third-order valence-corrected chi connectivity index (χ3v) is 6.37. The zero-order chi connectivity index (χ0) is 22.0. The number of carbonyl (C=O) groups is 1. The zero-order valence-corrected chi connectivity index (χ0v) is 21.3. The number of carbonyl (C=O) groups excluding carboxylic acids is 1. The second-order valence-corrected chi connectivity index (χ2v) is 9.57. The van der Waals surface area contributed by atoms with Gasteiger partial charge in [-0.1, -0.05) is 129 Å². The van der Waals surface area contributed by atoms with Crippen molar-refractivity contribution in [3.8, 4) is 0 Å². The molecule has 0 aliphatic carbocycles. The Kier molecular flexibility index (Phi) is 26.7. The van der Waals surface area contributed by atoms with Crippen molar-refractivity contribution in [3.05, 3.63) is 0 Å². The van der Waals surface area contributed by atoms with Gasteiger partial charge in [0.25, 0.3) is 0 Å². The molecule has 0 N–H and O–H groups in total. The van der Waals surface area contributed by atoms with Crippen molar-refractivity contribution in [2.75, 3.05) is 12.4 Å². The first-order valence-electron chi connectivity index (χ1n) is 13.6. The van der Waals surface area contributed by atoms with E-state index >= 15 is 0 Å². The van der Waals surface area contributed by atoms with Crippen LogP contribution in [-0.4, -0.2) is 18.3 Å². The Balaban J connectivity index is 3.12. The van der Waals surface area contributed by atoms with Crippen LogP contribution >= 0.6 is 12.6 Å². The summed E-state index contributed by atoms with van der Waals surface area (Å²) in [7, 11) is 0. The van der Waals surface area contributed by atoms with Crippen molar-refractivity contribution in [1.82, 2.24) is 0 Å². The molecule has 0 bridgehead atoms. The lowest BCUT2D eigenvalue weighted by Gasteiger charge is -2.06. The Bertz CT molecular complexity index is 333. The quantitative estimate of drug-likeness (QED) is 0.0865. The van der Waals surface area contributed by atoms with E-state index in [4.69, 9.17) is 4.74 Å². The summed E-state index contributed by atoms with van der Waals surface area (Å²) in [5.41, 5.74) is 0. The van der Waals surface area contributed by atoms with Crippen LogP contribution in [0, 0.1) is 0 Å². The standard InChI is InChI=1S/C27H54O2S/c1-2-3-4-5-6-7-8-9-10-11-13-16-19-22-25-29-27(28)24-21-18-15-12-14-17-20-23-26-30/h30H,2-26H2,1H3. The van der Waals surface area contributed by atoms with Crippen LogP contribution < -0.4 is 0 Å². The fourth-order valence-electron chi connectivity index (χ4n) is 4.00.